The number of benzene rings is 2. The predicted molar refractivity (Wildman–Crippen MR) is 166 cm³/mol. The van der Waals surface area contributed by atoms with Crippen molar-refractivity contribution in [3.8, 4) is 5.88 Å². The summed E-state index contributed by atoms with van der Waals surface area (Å²) < 4.78 is 34.2. The van der Waals surface area contributed by atoms with Crippen molar-refractivity contribution in [1.82, 2.24) is 14.8 Å². The van der Waals surface area contributed by atoms with Gasteiger partial charge in [-0.2, -0.15) is 12.3 Å². The minimum Gasteiger partial charge on any atom is -0.497 e. The summed E-state index contributed by atoms with van der Waals surface area (Å²) in [7, 11) is -2.75. The highest BCUT2D eigenvalue weighted by Gasteiger charge is 2.67. The Hall–Kier alpha value is -3.55. The number of fused-ring (bicyclic) bond motifs is 1. The molecule has 0 spiro atoms. The van der Waals surface area contributed by atoms with E-state index in [1.807, 2.05) is 11.9 Å². The van der Waals surface area contributed by atoms with Crippen LogP contribution in [0.4, 0.5) is 10.5 Å². The van der Waals surface area contributed by atoms with Crippen LogP contribution < -0.4 is 15.2 Å². The van der Waals surface area contributed by atoms with Crippen molar-refractivity contribution in [1.29, 1.82) is 0 Å². The number of aromatic nitrogens is 1. The van der Waals surface area contributed by atoms with Gasteiger partial charge in [0.05, 0.1) is 12.6 Å². The van der Waals surface area contributed by atoms with Crippen molar-refractivity contribution in [3.63, 3.8) is 0 Å². The van der Waals surface area contributed by atoms with E-state index >= 15 is 0 Å². The number of nitrogens with zero attached hydrogens (tertiary/aromatic N) is 4. The number of piperazine rings is 1. The molecule has 13 heteroatoms. The van der Waals surface area contributed by atoms with Crippen LogP contribution in [0.2, 0.25) is 0 Å². The van der Waals surface area contributed by atoms with Gasteiger partial charge in [0.25, 0.3) is 6.09 Å². The summed E-state index contributed by atoms with van der Waals surface area (Å²) in [5, 5.41) is 16.6. The van der Waals surface area contributed by atoms with Crippen molar-refractivity contribution in [2.45, 2.75) is 54.2 Å². The van der Waals surface area contributed by atoms with E-state index in [2.05, 4.69) is 15.2 Å². The molecular formula is C32H36ClN5O6S. The third kappa shape index (κ3) is 5.18. The van der Waals surface area contributed by atoms with E-state index in [0.717, 1.165) is 13.1 Å². The lowest BCUT2D eigenvalue weighted by molar-refractivity contribution is -0.799. The third-order valence-electron chi connectivity index (χ3n) is 9.34. The number of para-hydroxylation sites is 1. The maximum Gasteiger partial charge on any atom is 0.333 e. The highest BCUT2D eigenvalue weighted by Crippen LogP contribution is 2.53. The molecule has 45 heavy (non-hydrogen) atoms. The van der Waals surface area contributed by atoms with Gasteiger partial charge >= 0.3 is 10.0 Å². The Balaban J connectivity index is 1.69. The quantitative estimate of drug-likeness (QED) is 0.232. The van der Waals surface area contributed by atoms with Crippen LogP contribution >= 0.6 is 11.6 Å². The average molecular weight is 654 g/mol. The number of sulfonamides is 1. The number of halogens is 1. The summed E-state index contributed by atoms with van der Waals surface area (Å²) >= 11 is 7.24. The normalized spacial score (nSPS) is 27.9. The van der Waals surface area contributed by atoms with E-state index in [4.69, 9.17) is 16.3 Å². The van der Waals surface area contributed by atoms with Crippen LogP contribution in [-0.2, 0) is 14.8 Å². The zero-order chi connectivity index (χ0) is 31.9. The van der Waals surface area contributed by atoms with Crippen LogP contribution in [0.25, 0.3) is 0 Å². The molecular weight excluding hydrogens is 618 g/mol. The Morgan fingerprint density at radius 1 is 1.07 bits per heavy atom. The molecule has 2 saturated heterocycles. The molecule has 2 amide bonds. The lowest BCUT2D eigenvalue weighted by Gasteiger charge is -2.57. The van der Waals surface area contributed by atoms with Crippen LogP contribution in [0.5, 0.6) is 5.88 Å². The summed E-state index contributed by atoms with van der Waals surface area (Å²) in [6.07, 6.45) is 1.11. The number of ether oxygens (including phenoxy) is 1. The lowest BCUT2D eigenvalue weighted by Crippen LogP contribution is -2.77. The molecule has 0 bridgehead atoms. The Morgan fingerprint density at radius 2 is 1.73 bits per heavy atom. The molecule has 3 aliphatic rings. The van der Waals surface area contributed by atoms with Crippen molar-refractivity contribution in [3.05, 3.63) is 84.1 Å². The van der Waals surface area contributed by atoms with Crippen molar-refractivity contribution in [2.24, 2.45) is 0 Å². The van der Waals surface area contributed by atoms with E-state index in [9.17, 15) is 23.1 Å². The number of alkyl halides is 1. The van der Waals surface area contributed by atoms with Gasteiger partial charge in [-0.1, -0.05) is 54.1 Å². The van der Waals surface area contributed by atoms with E-state index in [1.165, 1.54) is 24.3 Å². The van der Waals surface area contributed by atoms with Gasteiger partial charge in [0.15, 0.2) is 0 Å². The number of pyridine rings is 1. The smallest absolute Gasteiger partial charge is 0.333 e. The van der Waals surface area contributed by atoms with Crippen LogP contribution in [0.15, 0.2) is 77.8 Å². The zero-order valence-corrected chi connectivity index (χ0v) is 26.7. The predicted octanol–water partition coefficient (Wildman–Crippen LogP) is 3.15. The van der Waals surface area contributed by atoms with E-state index in [0.29, 0.717) is 29.7 Å². The fourth-order valence-corrected chi connectivity index (χ4v) is 9.88. The number of piperidine rings is 1. The number of hydrogen-bond donors (Lipinski definition) is 1. The number of nitrogens with one attached hydrogen (secondary N) is 1. The number of carbonyl (C=O) groups excluding carboxylic acids is 2. The number of anilines is 1. The summed E-state index contributed by atoms with van der Waals surface area (Å²) in [5.74, 6) is -1.48. The Bertz CT molecular complexity index is 1690. The van der Waals surface area contributed by atoms with E-state index in [-0.39, 0.29) is 23.4 Å². The largest absolute Gasteiger partial charge is 0.497 e. The molecule has 238 valence electrons. The zero-order valence-electron chi connectivity index (χ0n) is 25.1. The van der Waals surface area contributed by atoms with Crippen LogP contribution in [0.3, 0.4) is 0 Å². The highest BCUT2D eigenvalue weighted by molar-refractivity contribution is 7.86. The maximum atomic E-state index is 14.9. The molecule has 1 N–H and O–H groups in total. The van der Waals surface area contributed by atoms with Crippen molar-refractivity contribution >= 4 is 39.3 Å². The SMILES string of the molecule is CCOc1ncccc1C1C(C2C(=O)Nc3ccccc32)[N+](C(=O)[O-])(S(=O)(=O)c2ccccc2)CC(Cl)N1C1CCN(C)CC1. The summed E-state index contributed by atoms with van der Waals surface area (Å²) in [4.78, 5) is 36.3. The van der Waals surface area contributed by atoms with Crippen molar-refractivity contribution < 1.29 is 31.7 Å². The van der Waals surface area contributed by atoms with Gasteiger partial charge in [-0.3, -0.25) is 9.69 Å². The monoisotopic (exact) mass is 653 g/mol. The number of carbonyl (C=O) groups is 2. The molecule has 3 aromatic rings. The maximum absolute atomic E-state index is 14.9. The van der Waals surface area contributed by atoms with Crippen molar-refractivity contribution in [2.75, 3.05) is 38.6 Å². The van der Waals surface area contributed by atoms with Crippen LogP contribution in [-0.4, -0.2) is 90.0 Å². The Morgan fingerprint density at radius 3 is 2.42 bits per heavy atom. The van der Waals surface area contributed by atoms with Gasteiger partial charge in [0.1, 0.15) is 28.9 Å². The second-order valence-corrected chi connectivity index (χ2v) is 14.3. The molecule has 0 aliphatic carbocycles. The minimum atomic E-state index is -4.78. The fraction of sp³-hybridized carbons (Fsp3) is 0.406. The lowest BCUT2D eigenvalue weighted by atomic mass is 9.80. The number of rotatable bonds is 7. The first-order valence-corrected chi connectivity index (χ1v) is 17.0. The first-order chi connectivity index (χ1) is 21.6. The van der Waals surface area contributed by atoms with Gasteiger partial charge in [-0.15, -0.1) is 0 Å². The molecule has 0 radical (unpaired) electrons. The molecule has 2 fully saturated rings. The molecule has 11 nitrogen and oxygen atoms in total. The first-order valence-electron chi connectivity index (χ1n) is 15.1. The summed E-state index contributed by atoms with van der Waals surface area (Å²) in [6, 6.07) is 15.2. The topological polar surface area (TPSA) is 132 Å². The molecule has 6 rings (SSSR count). The standard InChI is InChI=1S/C32H36ClN5O6S/c1-3-44-31-24(13-9-17-34-31)28-29(27-23-12-7-8-14-25(23)35-30(27)39)38(32(40)41,45(42,43)22-10-5-4-6-11-22)20-26(33)37(28)21-15-18-36(2)19-16-21/h4-14,17,21,26-29H,3,15-16,18-20H2,1-2H3,(H-,35,39,40,41). The van der Waals surface area contributed by atoms with Gasteiger partial charge in [-0.25, -0.2) is 4.98 Å². The van der Waals surface area contributed by atoms with Crippen LogP contribution in [0.1, 0.15) is 42.9 Å². The third-order valence-corrected chi connectivity index (χ3v) is 12.0. The second-order valence-electron chi connectivity index (χ2n) is 11.8. The molecule has 0 saturated carbocycles. The number of amides is 2. The van der Waals surface area contributed by atoms with Gasteiger partial charge in [-0.05, 0) is 69.7 Å². The molecule has 3 aliphatic heterocycles. The summed E-state index contributed by atoms with van der Waals surface area (Å²) in [5.41, 5.74) is 0.390. The average Bonchev–Trinajstić information content (AvgIpc) is 3.37. The summed E-state index contributed by atoms with van der Waals surface area (Å²) in [6.45, 7) is 3.05. The number of likely N-dealkylation sites (tertiary alicyclic amines) is 1. The van der Waals surface area contributed by atoms with Crippen LogP contribution in [0, 0.1) is 0 Å². The molecule has 2 aromatic carbocycles. The number of carboxylic acid groups (broad SMARTS) is 1. The molecule has 1 aromatic heterocycles. The van der Waals surface area contributed by atoms with E-state index < -0.39 is 56.0 Å². The minimum absolute atomic E-state index is 0.144. The molecule has 5 unspecified atom stereocenters. The molecule has 5 atom stereocenters. The number of quaternary nitrogens is 1. The van der Waals surface area contributed by atoms with Gasteiger partial charge in [0, 0.05) is 23.5 Å². The first kappa shape index (κ1) is 31.4. The van der Waals surface area contributed by atoms with Gasteiger partial charge in [0.2, 0.25) is 11.8 Å². The highest BCUT2D eigenvalue weighted by atomic mass is 35.5. The Labute approximate surface area is 268 Å². The Kier molecular flexibility index (Phi) is 8.61. The fourth-order valence-electron chi connectivity index (χ4n) is 7.33. The second kappa shape index (κ2) is 12.3. The number of hydrogen-bond acceptors (Lipinski definition) is 9. The van der Waals surface area contributed by atoms with E-state index in [1.54, 1.807) is 55.6 Å². The molecule has 4 heterocycles. The van der Waals surface area contributed by atoms with Gasteiger partial charge < -0.3 is 24.9 Å².